The van der Waals surface area contributed by atoms with Crippen LogP contribution in [0.1, 0.15) is 43.2 Å². The van der Waals surface area contributed by atoms with Gasteiger partial charge in [0, 0.05) is 37.6 Å². The Labute approximate surface area is 165 Å². The molecule has 1 fully saturated rings. The number of fused-ring (bicyclic) bond motifs is 1. The van der Waals surface area contributed by atoms with E-state index in [1.165, 1.54) is 0 Å². The van der Waals surface area contributed by atoms with Crippen molar-refractivity contribution in [3.8, 4) is 11.5 Å². The lowest BCUT2D eigenvalue weighted by molar-refractivity contribution is 0.0660. The predicted molar refractivity (Wildman–Crippen MR) is 109 cm³/mol. The second-order valence-corrected chi connectivity index (χ2v) is 8.03. The summed E-state index contributed by atoms with van der Waals surface area (Å²) in [6.07, 6.45) is 7.74. The Balaban J connectivity index is 1.67. The molecule has 0 aliphatic carbocycles. The molecule has 1 aliphatic rings. The van der Waals surface area contributed by atoms with Crippen LogP contribution in [0.4, 0.5) is 0 Å². The van der Waals surface area contributed by atoms with Crippen molar-refractivity contribution in [3.05, 3.63) is 42.6 Å². The number of carbonyl (C=O) groups excluding carboxylic acids is 1. The fourth-order valence-corrected chi connectivity index (χ4v) is 3.85. The molecule has 0 saturated carbocycles. The Morgan fingerprint density at radius 3 is 2.61 bits per heavy atom. The van der Waals surface area contributed by atoms with Crippen LogP contribution in [0.2, 0.25) is 0 Å². The van der Waals surface area contributed by atoms with Gasteiger partial charge in [0.25, 0.3) is 5.91 Å². The number of nitrogens with zero attached hydrogens (tertiary/aromatic N) is 6. The molecule has 4 heterocycles. The van der Waals surface area contributed by atoms with E-state index in [1.807, 2.05) is 50.8 Å². The molecule has 3 aromatic rings. The monoisotopic (exact) mass is 380 g/mol. The minimum atomic E-state index is 0.00967. The Morgan fingerprint density at radius 1 is 1.21 bits per heavy atom. The van der Waals surface area contributed by atoms with Crippen molar-refractivity contribution in [1.82, 2.24) is 28.7 Å². The quantitative estimate of drug-likeness (QED) is 0.698. The average Bonchev–Trinajstić information content (AvgIpc) is 3.32. The van der Waals surface area contributed by atoms with E-state index < -0.39 is 0 Å². The summed E-state index contributed by atoms with van der Waals surface area (Å²) in [7, 11) is 4.21. The van der Waals surface area contributed by atoms with E-state index >= 15 is 0 Å². The number of carbonyl (C=O) groups is 1. The predicted octanol–water partition coefficient (Wildman–Crippen LogP) is 2.94. The Bertz CT molecular complexity index is 978. The van der Waals surface area contributed by atoms with Gasteiger partial charge in [-0.25, -0.2) is 9.97 Å². The van der Waals surface area contributed by atoms with Crippen LogP contribution in [0.15, 0.2) is 36.9 Å². The van der Waals surface area contributed by atoms with Gasteiger partial charge in [-0.3, -0.25) is 9.20 Å². The van der Waals surface area contributed by atoms with Crippen molar-refractivity contribution >= 4 is 11.4 Å². The third-order valence-electron chi connectivity index (χ3n) is 5.66. The molecule has 0 bridgehead atoms. The van der Waals surface area contributed by atoms with Gasteiger partial charge in [0.15, 0.2) is 11.5 Å². The first-order chi connectivity index (χ1) is 13.5. The molecule has 0 aromatic carbocycles. The maximum absolute atomic E-state index is 13.3. The topological polar surface area (TPSA) is 58.7 Å². The number of imidazole rings is 2. The first kappa shape index (κ1) is 18.7. The Kier molecular flexibility index (Phi) is 4.93. The van der Waals surface area contributed by atoms with E-state index in [1.54, 1.807) is 0 Å². The van der Waals surface area contributed by atoms with Crippen molar-refractivity contribution in [2.45, 2.75) is 38.8 Å². The smallest absolute Gasteiger partial charge is 0.274 e. The SMILES string of the molecule is CC(C)n1cnc(-c2nc(C(=O)N3CCC(N(C)C)CC3)c3ccccn23)c1. The first-order valence-electron chi connectivity index (χ1n) is 9.92. The number of aromatic nitrogens is 4. The highest BCUT2D eigenvalue weighted by atomic mass is 16.2. The largest absolute Gasteiger partial charge is 0.337 e. The summed E-state index contributed by atoms with van der Waals surface area (Å²) in [4.78, 5) is 26.7. The van der Waals surface area contributed by atoms with Crippen LogP contribution in [0.5, 0.6) is 0 Å². The van der Waals surface area contributed by atoms with Gasteiger partial charge in [-0.05, 0) is 52.9 Å². The van der Waals surface area contributed by atoms with Crippen molar-refractivity contribution < 1.29 is 4.79 Å². The van der Waals surface area contributed by atoms with Gasteiger partial charge >= 0.3 is 0 Å². The highest BCUT2D eigenvalue weighted by Crippen LogP contribution is 2.25. The molecular formula is C21H28N6O. The number of amides is 1. The highest BCUT2D eigenvalue weighted by molar-refractivity contribution is 6.00. The van der Waals surface area contributed by atoms with Crippen molar-refractivity contribution in [1.29, 1.82) is 0 Å². The minimum Gasteiger partial charge on any atom is -0.337 e. The summed E-state index contributed by atoms with van der Waals surface area (Å²) >= 11 is 0. The van der Waals surface area contributed by atoms with E-state index in [0.29, 0.717) is 23.6 Å². The minimum absolute atomic E-state index is 0.00967. The number of pyridine rings is 1. The summed E-state index contributed by atoms with van der Waals surface area (Å²) in [5, 5.41) is 0. The molecule has 1 amide bonds. The zero-order valence-electron chi connectivity index (χ0n) is 17.0. The lowest BCUT2D eigenvalue weighted by Crippen LogP contribution is -2.44. The lowest BCUT2D eigenvalue weighted by atomic mass is 10.0. The van der Waals surface area contributed by atoms with Crippen molar-refractivity contribution in [2.75, 3.05) is 27.2 Å². The van der Waals surface area contributed by atoms with E-state index in [2.05, 4.69) is 37.8 Å². The van der Waals surface area contributed by atoms with Crippen molar-refractivity contribution in [2.24, 2.45) is 0 Å². The molecule has 0 radical (unpaired) electrons. The van der Waals surface area contributed by atoms with Crippen LogP contribution in [-0.2, 0) is 0 Å². The zero-order chi connectivity index (χ0) is 19.8. The van der Waals surface area contributed by atoms with Gasteiger partial charge < -0.3 is 14.4 Å². The molecule has 28 heavy (non-hydrogen) atoms. The molecule has 1 saturated heterocycles. The molecule has 7 heteroatoms. The lowest BCUT2D eigenvalue weighted by Gasteiger charge is -2.34. The number of piperidine rings is 1. The maximum Gasteiger partial charge on any atom is 0.274 e. The average molecular weight is 380 g/mol. The molecule has 4 rings (SSSR count). The fourth-order valence-electron chi connectivity index (χ4n) is 3.85. The van der Waals surface area contributed by atoms with Gasteiger partial charge in [-0.1, -0.05) is 6.07 Å². The second-order valence-electron chi connectivity index (χ2n) is 8.03. The Hall–Kier alpha value is -2.67. The second kappa shape index (κ2) is 7.39. The molecular weight excluding hydrogens is 352 g/mol. The number of hydrogen-bond acceptors (Lipinski definition) is 4. The summed E-state index contributed by atoms with van der Waals surface area (Å²) in [6.45, 7) is 5.76. The summed E-state index contributed by atoms with van der Waals surface area (Å²) < 4.78 is 4.01. The number of rotatable bonds is 4. The molecule has 148 valence electrons. The van der Waals surface area contributed by atoms with Gasteiger partial charge in [0.05, 0.1) is 11.8 Å². The van der Waals surface area contributed by atoms with E-state index in [9.17, 15) is 4.79 Å². The summed E-state index contributed by atoms with van der Waals surface area (Å²) in [5.74, 6) is 0.719. The molecule has 1 aliphatic heterocycles. The first-order valence-corrected chi connectivity index (χ1v) is 9.92. The number of likely N-dealkylation sites (tertiary alicyclic amines) is 1. The maximum atomic E-state index is 13.3. The normalized spacial score (nSPS) is 15.9. The fraction of sp³-hybridized carbons (Fsp3) is 0.476. The van der Waals surface area contributed by atoms with Crippen LogP contribution in [-0.4, -0.2) is 67.9 Å². The van der Waals surface area contributed by atoms with Gasteiger partial charge in [-0.2, -0.15) is 0 Å². The van der Waals surface area contributed by atoms with Crippen molar-refractivity contribution in [3.63, 3.8) is 0 Å². The van der Waals surface area contributed by atoms with Gasteiger partial charge in [0.1, 0.15) is 5.69 Å². The molecule has 0 N–H and O–H groups in total. The van der Waals surface area contributed by atoms with E-state index in [0.717, 1.165) is 37.1 Å². The molecule has 0 atom stereocenters. The van der Waals surface area contributed by atoms with E-state index in [-0.39, 0.29) is 5.91 Å². The summed E-state index contributed by atoms with van der Waals surface area (Å²) in [5.41, 5.74) is 2.12. The van der Waals surface area contributed by atoms with Crippen LogP contribution < -0.4 is 0 Å². The van der Waals surface area contributed by atoms with Crippen LogP contribution in [0.25, 0.3) is 17.0 Å². The van der Waals surface area contributed by atoms with E-state index in [4.69, 9.17) is 4.98 Å². The third-order valence-corrected chi connectivity index (χ3v) is 5.66. The van der Waals surface area contributed by atoms with Gasteiger partial charge in [0.2, 0.25) is 0 Å². The summed E-state index contributed by atoms with van der Waals surface area (Å²) in [6, 6.07) is 6.72. The molecule has 3 aromatic heterocycles. The Morgan fingerprint density at radius 2 is 1.96 bits per heavy atom. The molecule has 0 unspecified atom stereocenters. The molecule has 0 spiro atoms. The van der Waals surface area contributed by atoms with Crippen LogP contribution >= 0.6 is 0 Å². The van der Waals surface area contributed by atoms with Gasteiger partial charge in [-0.15, -0.1) is 0 Å². The zero-order valence-corrected chi connectivity index (χ0v) is 17.0. The molecule has 7 nitrogen and oxygen atoms in total. The number of hydrogen-bond donors (Lipinski definition) is 0. The third kappa shape index (κ3) is 3.30. The van der Waals surface area contributed by atoms with Crippen LogP contribution in [0, 0.1) is 0 Å². The highest BCUT2D eigenvalue weighted by Gasteiger charge is 2.28. The standard InChI is InChI=1S/C21H28N6O/c1-15(2)26-13-17(22-14-26)20-23-19(18-7-5-6-10-27(18)20)21(28)25-11-8-16(9-12-25)24(3)4/h5-7,10,13-16H,8-9,11-12H2,1-4H3. The van der Waals surface area contributed by atoms with Crippen LogP contribution in [0.3, 0.4) is 0 Å².